The van der Waals surface area contributed by atoms with Crippen LogP contribution in [-0.2, 0) is 4.79 Å². The van der Waals surface area contributed by atoms with Gasteiger partial charge in [0.25, 0.3) is 0 Å². The standard InChI is InChI=1S/C12H14O3/c1-7-5-8(15-2)3-4-9(7)10-6-11(10)12(13)14/h3-5,10-11H,6H2,1-2H3,(H,13,14). The molecule has 0 aromatic heterocycles. The summed E-state index contributed by atoms with van der Waals surface area (Å²) in [5.74, 6) is 0.157. The minimum absolute atomic E-state index is 0.183. The largest absolute Gasteiger partial charge is 0.497 e. The van der Waals surface area contributed by atoms with Crippen molar-refractivity contribution in [1.82, 2.24) is 0 Å². The number of hydrogen-bond acceptors (Lipinski definition) is 2. The second kappa shape index (κ2) is 3.57. The van der Waals surface area contributed by atoms with Crippen LogP contribution in [0.15, 0.2) is 18.2 Å². The Morgan fingerprint density at radius 3 is 2.73 bits per heavy atom. The van der Waals surface area contributed by atoms with E-state index in [4.69, 9.17) is 9.84 Å². The molecule has 0 radical (unpaired) electrons. The van der Waals surface area contributed by atoms with Crippen molar-refractivity contribution in [3.63, 3.8) is 0 Å². The number of carboxylic acids is 1. The first-order valence-electron chi connectivity index (χ1n) is 5.01. The Balaban J connectivity index is 2.21. The summed E-state index contributed by atoms with van der Waals surface area (Å²) in [6.07, 6.45) is 0.766. The molecule has 1 aromatic carbocycles. The highest BCUT2D eigenvalue weighted by Gasteiger charge is 2.44. The number of carbonyl (C=O) groups is 1. The van der Waals surface area contributed by atoms with E-state index in [1.165, 1.54) is 0 Å². The van der Waals surface area contributed by atoms with Crippen molar-refractivity contribution in [1.29, 1.82) is 0 Å². The smallest absolute Gasteiger partial charge is 0.307 e. The van der Waals surface area contributed by atoms with Crippen LogP contribution in [0.4, 0.5) is 0 Å². The van der Waals surface area contributed by atoms with Gasteiger partial charge >= 0.3 is 5.97 Å². The van der Waals surface area contributed by atoms with Gasteiger partial charge in [-0.05, 0) is 42.5 Å². The molecule has 1 aliphatic carbocycles. The molecule has 2 unspecified atom stereocenters. The second-order valence-corrected chi connectivity index (χ2v) is 4.01. The van der Waals surface area contributed by atoms with Gasteiger partial charge in [-0.3, -0.25) is 4.79 Å². The van der Waals surface area contributed by atoms with Crippen LogP contribution in [0.1, 0.15) is 23.5 Å². The molecule has 80 valence electrons. The summed E-state index contributed by atoms with van der Waals surface area (Å²) in [6.45, 7) is 2.00. The fourth-order valence-corrected chi connectivity index (χ4v) is 2.00. The molecule has 0 saturated heterocycles. The lowest BCUT2D eigenvalue weighted by Crippen LogP contribution is -1.99. The van der Waals surface area contributed by atoms with E-state index in [1.54, 1.807) is 7.11 Å². The number of benzene rings is 1. The molecule has 2 atom stereocenters. The Kier molecular flexibility index (Phi) is 2.39. The maximum absolute atomic E-state index is 10.8. The van der Waals surface area contributed by atoms with Gasteiger partial charge in [0, 0.05) is 0 Å². The van der Waals surface area contributed by atoms with E-state index in [2.05, 4.69) is 0 Å². The summed E-state index contributed by atoms with van der Waals surface area (Å²) in [7, 11) is 1.63. The highest BCUT2D eigenvalue weighted by Crippen LogP contribution is 2.48. The van der Waals surface area contributed by atoms with E-state index in [1.807, 2.05) is 25.1 Å². The molecule has 2 rings (SSSR count). The van der Waals surface area contributed by atoms with Crippen molar-refractivity contribution >= 4 is 5.97 Å². The van der Waals surface area contributed by atoms with Gasteiger partial charge in [-0.2, -0.15) is 0 Å². The fraction of sp³-hybridized carbons (Fsp3) is 0.417. The van der Waals surface area contributed by atoms with E-state index in [9.17, 15) is 4.79 Å². The Hall–Kier alpha value is -1.51. The van der Waals surface area contributed by atoms with Crippen molar-refractivity contribution in [2.45, 2.75) is 19.3 Å². The summed E-state index contributed by atoms with van der Waals surface area (Å²) in [5.41, 5.74) is 2.26. The zero-order valence-corrected chi connectivity index (χ0v) is 8.86. The van der Waals surface area contributed by atoms with Crippen LogP contribution in [0.25, 0.3) is 0 Å². The summed E-state index contributed by atoms with van der Waals surface area (Å²) < 4.78 is 5.11. The molecule has 3 heteroatoms. The minimum atomic E-state index is -0.685. The highest BCUT2D eigenvalue weighted by atomic mass is 16.5. The lowest BCUT2D eigenvalue weighted by molar-refractivity contribution is -0.138. The van der Waals surface area contributed by atoms with Gasteiger partial charge in [0.2, 0.25) is 0 Å². The second-order valence-electron chi connectivity index (χ2n) is 4.01. The predicted octanol–water partition coefficient (Wildman–Crippen LogP) is 2.19. The Morgan fingerprint density at radius 2 is 2.27 bits per heavy atom. The summed E-state index contributed by atoms with van der Waals surface area (Å²) in [6, 6.07) is 5.81. The molecule has 1 fully saturated rings. The summed E-state index contributed by atoms with van der Waals surface area (Å²) in [5, 5.41) is 8.85. The SMILES string of the molecule is COc1ccc(C2CC2C(=O)O)c(C)c1. The first kappa shape index (κ1) is 10.0. The topological polar surface area (TPSA) is 46.5 Å². The number of ether oxygens (including phenoxy) is 1. The van der Waals surface area contributed by atoms with Crippen LogP contribution < -0.4 is 4.74 Å². The first-order chi connectivity index (χ1) is 7.13. The third-order valence-corrected chi connectivity index (χ3v) is 2.98. The average molecular weight is 206 g/mol. The number of aryl methyl sites for hydroxylation is 1. The zero-order chi connectivity index (χ0) is 11.0. The molecule has 0 spiro atoms. The van der Waals surface area contributed by atoms with E-state index in [-0.39, 0.29) is 11.8 Å². The van der Waals surface area contributed by atoms with Gasteiger partial charge in [0.1, 0.15) is 5.75 Å². The quantitative estimate of drug-likeness (QED) is 0.824. The normalized spacial score (nSPS) is 23.6. The molecule has 1 N–H and O–H groups in total. The number of rotatable bonds is 3. The molecular formula is C12H14O3. The summed E-state index contributed by atoms with van der Waals surface area (Å²) >= 11 is 0. The van der Waals surface area contributed by atoms with Crippen LogP contribution >= 0.6 is 0 Å². The molecule has 0 bridgehead atoms. The Morgan fingerprint density at radius 1 is 1.53 bits per heavy atom. The van der Waals surface area contributed by atoms with E-state index >= 15 is 0 Å². The highest BCUT2D eigenvalue weighted by molar-refractivity contribution is 5.75. The first-order valence-corrected chi connectivity index (χ1v) is 5.01. The maximum atomic E-state index is 10.8. The summed E-state index contributed by atoms with van der Waals surface area (Å²) in [4.78, 5) is 10.8. The van der Waals surface area contributed by atoms with Crippen molar-refractivity contribution in [2.24, 2.45) is 5.92 Å². The van der Waals surface area contributed by atoms with Crippen molar-refractivity contribution < 1.29 is 14.6 Å². The van der Waals surface area contributed by atoms with Crippen molar-refractivity contribution in [3.8, 4) is 5.75 Å². The molecular weight excluding hydrogens is 192 g/mol. The number of carboxylic acid groups (broad SMARTS) is 1. The van der Waals surface area contributed by atoms with Crippen LogP contribution in [0, 0.1) is 12.8 Å². The Bertz CT molecular complexity index is 398. The average Bonchev–Trinajstić information content (AvgIpc) is 2.97. The minimum Gasteiger partial charge on any atom is -0.497 e. The third kappa shape index (κ3) is 1.82. The molecule has 1 saturated carbocycles. The molecule has 0 amide bonds. The van der Waals surface area contributed by atoms with E-state index < -0.39 is 5.97 Å². The van der Waals surface area contributed by atoms with E-state index in [0.717, 1.165) is 23.3 Å². The van der Waals surface area contributed by atoms with Crippen LogP contribution in [0.5, 0.6) is 5.75 Å². The van der Waals surface area contributed by atoms with Gasteiger partial charge in [-0.15, -0.1) is 0 Å². The van der Waals surface area contributed by atoms with Crippen molar-refractivity contribution in [2.75, 3.05) is 7.11 Å². The lowest BCUT2D eigenvalue weighted by atomic mass is 10.0. The van der Waals surface area contributed by atoms with Crippen LogP contribution in [0.3, 0.4) is 0 Å². The molecule has 0 heterocycles. The molecule has 0 aliphatic heterocycles. The van der Waals surface area contributed by atoms with Crippen LogP contribution in [-0.4, -0.2) is 18.2 Å². The molecule has 15 heavy (non-hydrogen) atoms. The molecule has 3 nitrogen and oxygen atoms in total. The predicted molar refractivity (Wildman–Crippen MR) is 56.2 cm³/mol. The number of methoxy groups -OCH3 is 1. The van der Waals surface area contributed by atoms with Gasteiger partial charge < -0.3 is 9.84 Å². The number of aliphatic carboxylic acids is 1. The lowest BCUT2D eigenvalue weighted by Gasteiger charge is -2.06. The number of hydrogen-bond donors (Lipinski definition) is 1. The van der Waals surface area contributed by atoms with Crippen LogP contribution in [0.2, 0.25) is 0 Å². The van der Waals surface area contributed by atoms with Gasteiger partial charge in [-0.25, -0.2) is 0 Å². The third-order valence-electron chi connectivity index (χ3n) is 2.98. The maximum Gasteiger partial charge on any atom is 0.307 e. The van der Waals surface area contributed by atoms with Gasteiger partial charge in [-0.1, -0.05) is 6.07 Å². The zero-order valence-electron chi connectivity index (χ0n) is 8.86. The Labute approximate surface area is 88.7 Å². The van der Waals surface area contributed by atoms with Crippen molar-refractivity contribution in [3.05, 3.63) is 29.3 Å². The van der Waals surface area contributed by atoms with Gasteiger partial charge in [0.05, 0.1) is 13.0 Å². The molecule has 1 aromatic rings. The van der Waals surface area contributed by atoms with E-state index in [0.29, 0.717) is 0 Å². The monoisotopic (exact) mass is 206 g/mol. The molecule has 1 aliphatic rings. The fourth-order valence-electron chi connectivity index (χ4n) is 2.00. The van der Waals surface area contributed by atoms with Gasteiger partial charge in [0.15, 0.2) is 0 Å².